The highest BCUT2D eigenvalue weighted by molar-refractivity contribution is 7.07. The molecule has 27 heavy (non-hydrogen) atoms. The number of likely N-dealkylation sites (tertiary alicyclic amines) is 1. The zero-order chi connectivity index (χ0) is 19.2. The van der Waals surface area contributed by atoms with Crippen molar-refractivity contribution in [3.05, 3.63) is 45.5 Å². The van der Waals surface area contributed by atoms with Crippen molar-refractivity contribution in [2.45, 2.75) is 52.6 Å². The Bertz CT molecular complexity index is 847. The lowest BCUT2D eigenvalue weighted by atomic mass is 9.92. The zero-order valence-corrected chi connectivity index (χ0v) is 17.0. The normalized spacial score (nSPS) is 20.7. The fraction of sp³-hybridized carbons (Fsp3) is 0.524. The van der Waals surface area contributed by atoms with Crippen LogP contribution >= 0.6 is 11.3 Å². The summed E-state index contributed by atoms with van der Waals surface area (Å²) in [4.78, 5) is 28.9. The van der Waals surface area contributed by atoms with Gasteiger partial charge in [-0.3, -0.25) is 9.59 Å². The van der Waals surface area contributed by atoms with Crippen molar-refractivity contribution in [2.75, 3.05) is 13.1 Å². The highest BCUT2D eigenvalue weighted by Crippen LogP contribution is 2.57. The molecular weight excluding hydrogens is 360 g/mol. The van der Waals surface area contributed by atoms with E-state index in [4.69, 9.17) is 4.42 Å². The van der Waals surface area contributed by atoms with Crippen LogP contribution < -0.4 is 0 Å². The zero-order valence-electron chi connectivity index (χ0n) is 16.2. The van der Waals surface area contributed by atoms with Gasteiger partial charge < -0.3 is 14.2 Å². The van der Waals surface area contributed by atoms with Gasteiger partial charge in [0.2, 0.25) is 5.91 Å². The third kappa shape index (κ3) is 3.43. The number of piperidine rings is 1. The summed E-state index contributed by atoms with van der Waals surface area (Å²) in [5.41, 5.74) is 2.29. The number of carbonyl (C=O) groups is 2. The minimum absolute atomic E-state index is 0.00523. The first-order chi connectivity index (χ1) is 12.9. The van der Waals surface area contributed by atoms with Gasteiger partial charge >= 0.3 is 0 Å². The first kappa shape index (κ1) is 18.3. The smallest absolute Gasteiger partial charge is 0.289 e. The summed E-state index contributed by atoms with van der Waals surface area (Å²) in [6, 6.07) is 4.30. The van der Waals surface area contributed by atoms with Crippen LogP contribution in [-0.4, -0.2) is 40.7 Å². The van der Waals surface area contributed by atoms with Crippen LogP contribution in [0.1, 0.15) is 53.6 Å². The van der Waals surface area contributed by atoms with Gasteiger partial charge in [0.1, 0.15) is 5.76 Å². The van der Waals surface area contributed by atoms with Crippen molar-refractivity contribution in [1.82, 2.24) is 9.80 Å². The number of amides is 2. The number of hydrogen-bond donors (Lipinski definition) is 0. The Morgan fingerprint density at radius 1 is 1.33 bits per heavy atom. The molecule has 1 saturated heterocycles. The van der Waals surface area contributed by atoms with Gasteiger partial charge in [-0.05, 0) is 67.0 Å². The Morgan fingerprint density at radius 2 is 2.07 bits per heavy atom. The number of rotatable bonds is 4. The maximum Gasteiger partial charge on any atom is 0.289 e. The molecule has 2 aliphatic rings. The number of thiophene rings is 1. The summed E-state index contributed by atoms with van der Waals surface area (Å²) >= 11 is 1.67. The summed E-state index contributed by atoms with van der Waals surface area (Å²) in [5.74, 6) is 1.38. The Balaban J connectivity index is 1.39. The molecule has 1 atom stereocenters. The van der Waals surface area contributed by atoms with Gasteiger partial charge in [0.05, 0.1) is 0 Å². The molecular formula is C21H26N2O3S. The van der Waals surface area contributed by atoms with E-state index >= 15 is 0 Å². The Hall–Kier alpha value is -2.08. The van der Waals surface area contributed by atoms with Crippen molar-refractivity contribution in [3.63, 3.8) is 0 Å². The fourth-order valence-corrected chi connectivity index (χ4v) is 5.14. The molecule has 1 saturated carbocycles. The van der Waals surface area contributed by atoms with Crippen LogP contribution in [0.2, 0.25) is 0 Å². The lowest BCUT2D eigenvalue weighted by Gasteiger charge is -2.34. The number of hydrogen-bond acceptors (Lipinski definition) is 4. The number of nitrogens with zero attached hydrogens (tertiary/aromatic N) is 2. The summed E-state index contributed by atoms with van der Waals surface area (Å²) in [6.45, 7) is 7.62. The van der Waals surface area contributed by atoms with Crippen molar-refractivity contribution < 1.29 is 14.0 Å². The molecule has 1 aliphatic carbocycles. The van der Waals surface area contributed by atoms with Gasteiger partial charge in [-0.25, -0.2) is 0 Å². The van der Waals surface area contributed by atoms with E-state index < -0.39 is 0 Å². The second-order valence-corrected chi connectivity index (χ2v) is 8.80. The van der Waals surface area contributed by atoms with Crippen LogP contribution in [0.25, 0.3) is 0 Å². The molecule has 2 aromatic heterocycles. The molecule has 3 heterocycles. The minimum atomic E-state index is -0.00523. The molecule has 5 nitrogen and oxygen atoms in total. The van der Waals surface area contributed by atoms with Crippen LogP contribution in [0.4, 0.5) is 0 Å². The first-order valence-electron chi connectivity index (χ1n) is 9.54. The molecule has 4 rings (SSSR count). The molecule has 1 aliphatic heterocycles. The number of aryl methyl sites for hydroxylation is 2. The number of furan rings is 1. The highest BCUT2D eigenvalue weighted by atomic mass is 32.1. The molecule has 0 radical (unpaired) electrons. The number of carbonyl (C=O) groups excluding carboxylic acids is 2. The monoisotopic (exact) mass is 386 g/mol. The summed E-state index contributed by atoms with van der Waals surface area (Å²) in [6.07, 6.45) is 2.96. The fourth-order valence-electron chi connectivity index (χ4n) is 4.48. The molecule has 2 amide bonds. The van der Waals surface area contributed by atoms with E-state index in [1.54, 1.807) is 18.3 Å². The predicted octanol–water partition coefficient (Wildman–Crippen LogP) is 4.00. The van der Waals surface area contributed by atoms with E-state index in [2.05, 4.69) is 16.8 Å². The van der Waals surface area contributed by atoms with E-state index in [0.29, 0.717) is 18.3 Å². The average Bonchev–Trinajstić information content (AvgIpc) is 2.98. The van der Waals surface area contributed by atoms with Gasteiger partial charge in [0, 0.05) is 38.2 Å². The van der Waals surface area contributed by atoms with Crippen molar-refractivity contribution in [3.8, 4) is 0 Å². The molecule has 0 unspecified atom stereocenters. The third-order valence-corrected chi connectivity index (χ3v) is 6.87. The molecule has 2 aromatic rings. The quantitative estimate of drug-likeness (QED) is 0.798. The molecule has 144 valence electrons. The largest absolute Gasteiger partial charge is 0.456 e. The van der Waals surface area contributed by atoms with Crippen LogP contribution in [0, 0.1) is 19.3 Å². The second kappa shape index (κ2) is 6.82. The average molecular weight is 387 g/mol. The van der Waals surface area contributed by atoms with Gasteiger partial charge in [0.25, 0.3) is 5.91 Å². The maximum absolute atomic E-state index is 12.8. The Labute approximate surface area is 163 Å². The topological polar surface area (TPSA) is 53.8 Å². The van der Waals surface area contributed by atoms with Gasteiger partial charge in [-0.15, -0.1) is 0 Å². The maximum atomic E-state index is 12.8. The Kier molecular flexibility index (Phi) is 4.62. The third-order valence-electron chi connectivity index (χ3n) is 6.14. The van der Waals surface area contributed by atoms with Crippen molar-refractivity contribution >= 4 is 23.2 Å². The van der Waals surface area contributed by atoms with E-state index in [1.807, 2.05) is 29.7 Å². The van der Waals surface area contributed by atoms with Crippen LogP contribution in [0.3, 0.4) is 0 Å². The summed E-state index contributed by atoms with van der Waals surface area (Å²) in [5, 5.41) is 4.17. The SMILES string of the molecule is CC(=O)N(Cc1ccsc1)[C@@H]1CC12CCN(C(=O)c1oc(C)cc1C)CC2. The summed E-state index contributed by atoms with van der Waals surface area (Å²) < 4.78 is 5.60. The standard InChI is InChI=1S/C21H26N2O3S/c1-14-10-15(2)26-19(14)20(25)22-7-5-21(6-8-22)11-18(21)23(16(3)24)12-17-4-9-27-13-17/h4,9-10,13,18H,5-8,11-12H2,1-3H3/t18-/m1/s1. The molecule has 6 heteroatoms. The van der Waals surface area contributed by atoms with Gasteiger partial charge in [-0.2, -0.15) is 11.3 Å². The van der Waals surface area contributed by atoms with Crippen LogP contribution in [0.15, 0.2) is 27.3 Å². The van der Waals surface area contributed by atoms with E-state index in [0.717, 1.165) is 43.7 Å². The van der Waals surface area contributed by atoms with Crippen molar-refractivity contribution in [2.24, 2.45) is 5.41 Å². The first-order valence-corrected chi connectivity index (χ1v) is 10.5. The van der Waals surface area contributed by atoms with E-state index in [-0.39, 0.29) is 17.2 Å². The molecule has 2 fully saturated rings. The Morgan fingerprint density at radius 3 is 2.63 bits per heavy atom. The highest BCUT2D eigenvalue weighted by Gasteiger charge is 2.58. The van der Waals surface area contributed by atoms with Crippen LogP contribution in [0.5, 0.6) is 0 Å². The minimum Gasteiger partial charge on any atom is -0.456 e. The summed E-state index contributed by atoms with van der Waals surface area (Å²) in [7, 11) is 0. The van der Waals surface area contributed by atoms with Gasteiger partial charge in [-0.1, -0.05) is 0 Å². The van der Waals surface area contributed by atoms with Gasteiger partial charge in [0.15, 0.2) is 5.76 Å². The van der Waals surface area contributed by atoms with E-state index in [1.165, 1.54) is 5.56 Å². The lowest BCUT2D eigenvalue weighted by Crippen LogP contribution is -2.42. The van der Waals surface area contributed by atoms with Crippen LogP contribution in [-0.2, 0) is 11.3 Å². The lowest BCUT2D eigenvalue weighted by molar-refractivity contribution is -0.130. The second-order valence-electron chi connectivity index (χ2n) is 8.02. The molecule has 1 spiro atoms. The van der Waals surface area contributed by atoms with Crippen molar-refractivity contribution in [1.29, 1.82) is 0 Å². The predicted molar refractivity (Wildman–Crippen MR) is 105 cm³/mol. The molecule has 0 bridgehead atoms. The molecule has 0 aromatic carbocycles. The molecule has 0 N–H and O–H groups in total. The van der Waals surface area contributed by atoms with E-state index in [9.17, 15) is 9.59 Å².